The zero-order valence-electron chi connectivity index (χ0n) is 19.2. The van der Waals surface area contributed by atoms with Crippen LogP contribution in [0.2, 0.25) is 0 Å². The fourth-order valence-electron chi connectivity index (χ4n) is 3.43. The number of nitrogens with zero attached hydrogens (tertiary/aromatic N) is 3. The number of hydrogen-bond donors (Lipinski definition) is 2. The number of ether oxygens (including phenoxy) is 2. The van der Waals surface area contributed by atoms with E-state index in [1.54, 1.807) is 7.11 Å². The van der Waals surface area contributed by atoms with Gasteiger partial charge in [-0.3, -0.25) is 0 Å². The van der Waals surface area contributed by atoms with Crippen LogP contribution in [0.1, 0.15) is 31.7 Å². The van der Waals surface area contributed by atoms with Crippen molar-refractivity contribution >= 4 is 5.96 Å². The summed E-state index contributed by atoms with van der Waals surface area (Å²) >= 11 is 0. The van der Waals surface area contributed by atoms with Gasteiger partial charge < -0.3 is 29.9 Å². The van der Waals surface area contributed by atoms with Crippen molar-refractivity contribution in [1.82, 2.24) is 20.4 Å². The first kappa shape index (κ1) is 24.4. The molecule has 0 bridgehead atoms. The fraction of sp³-hybridized carbons (Fsp3) is 0.696. The molecule has 0 aliphatic carbocycles. The molecule has 7 heteroatoms. The molecular weight excluding hydrogens is 378 g/mol. The lowest BCUT2D eigenvalue weighted by Gasteiger charge is -2.20. The van der Waals surface area contributed by atoms with E-state index in [9.17, 15) is 0 Å². The molecule has 0 atom stereocenters. The quantitative estimate of drug-likeness (QED) is 0.308. The van der Waals surface area contributed by atoms with Gasteiger partial charge in [-0.05, 0) is 70.6 Å². The van der Waals surface area contributed by atoms with Crippen molar-refractivity contribution in [3.05, 3.63) is 29.8 Å². The number of hydrogen-bond acceptors (Lipinski definition) is 5. The zero-order chi connectivity index (χ0) is 21.4. The van der Waals surface area contributed by atoms with Crippen molar-refractivity contribution in [2.45, 2.75) is 32.7 Å². The SMILES string of the molecule is CCOCCCNC(=NCc1ccc(OC)cc1)NCCCN1CCCN(C)CC1. The van der Waals surface area contributed by atoms with Crippen LogP contribution in [0.5, 0.6) is 5.75 Å². The van der Waals surface area contributed by atoms with Gasteiger partial charge in [-0.2, -0.15) is 0 Å². The Morgan fingerprint density at radius 2 is 1.80 bits per heavy atom. The molecule has 0 aromatic heterocycles. The number of nitrogens with one attached hydrogen (secondary N) is 2. The molecule has 7 nitrogen and oxygen atoms in total. The van der Waals surface area contributed by atoms with Crippen molar-refractivity contribution in [3.8, 4) is 5.75 Å². The van der Waals surface area contributed by atoms with Gasteiger partial charge in [0.2, 0.25) is 0 Å². The Bertz CT molecular complexity index is 594. The topological polar surface area (TPSA) is 61.4 Å². The molecule has 0 radical (unpaired) electrons. The van der Waals surface area contributed by atoms with Gasteiger partial charge in [0.15, 0.2) is 5.96 Å². The predicted molar refractivity (Wildman–Crippen MR) is 124 cm³/mol. The molecule has 1 fully saturated rings. The van der Waals surface area contributed by atoms with Crippen molar-refractivity contribution in [1.29, 1.82) is 0 Å². The highest BCUT2D eigenvalue weighted by Crippen LogP contribution is 2.11. The van der Waals surface area contributed by atoms with Gasteiger partial charge >= 0.3 is 0 Å². The Labute approximate surface area is 182 Å². The molecule has 1 aromatic carbocycles. The maximum atomic E-state index is 5.43. The Morgan fingerprint density at radius 3 is 2.53 bits per heavy atom. The van der Waals surface area contributed by atoms with Gasteiger partial charge in [0.25, 0.3) is 0 Å². The fourth-order valence-corrected chi connectivity index (χ4v) is 3.43. The smallest absolute Gasteiger partial charge is 0.191 e. The molecule has 1 saturated heterocycles. The Morgan fingerprint density at radius 1 is 1.03 bits per heavy atom. The molecule has 1 aliphatic heterocycles. The van der Waals surface area contributed by atoms with Crippen LogP contribution in [-0.4, -0.2) is 88.9 Å². The second-order valence-electron chi connectivity index (χ2n) is 7.77. The van der Waals surface area contributed by atoms with E-state index in [-0.39, 0.29) is 0 Å². The van der Waals surface area contributed by atoms with Crippen LogP contribution >= 0.6 is 0 Å². The van der Waals surface area contributed by atoms with Gasteiger partial charge in [0.05, 0.1) is 13.7 Å². The van der Waals surface area contributed by atoms with Gasteiger partial charge in [0, 0.05) is 39.4 Å². The first-order valence-electron chi connectivity index (χ1n) is 11.3. The minimum atomic E-state index is 0.642. The first-order chi connectivity index (χ1) is 14.7. The maximum absolute atomic E-state index is 5.43. The third-order valence-electron chi connectivity index (χ3n) is 5.30. The van der Waals surface area contributed by atoms with E-state index >= 15 is 0 Å². The van der Waals surface area contributed by atoms with Gasteiger partial charge in [-0.1, -0.05) is 12.1 Å². The molecule has 1 aliphatic rings. The predicted octanol–water partition coefficient (Wildman–Crippen LogP) is 2.18. The first-order valence-corrected chi connectivity index (χ1v) is 11.3. The third kappa shape index (κ3) is 10.3. The summed E-state index contributed by atoms with van der Waals surface area (Å²) in [5, 5.41) is 6.94. The normalized spacial score (nSPS) is 16.3. The molecule has 1 aromatic rings. The number of likely N-dealkylation sites (N-methyl/N-ethyl adjacent to an activating group) is 1. The van der Waals surface area contributed by atoms with E-state index in [4.69, 9.17) is 14.5 Å². The lowest BCUT2D eigenvalue weighted by Crippen LogP contribution is -2.40. The Hall–Kier alpha value is -1.83. The lowest BCUT2D eigenvalue weighted by molar-refractivity contribution is 0.145. The average molecular weight is 420 g/mol. The van der Waals surface area contributed by atoms with E-state index in [2.05, 4.69) is 39.6 Å². The summed E-state index contributed by atoms with van der Waals surface area (Å²) in [5.41, 5.74) is 1.17. The van der Waals surface area contributed by atoms with Gasteiger partial charge in [0.1, 0.15) is 5.75 Å². The minimum Gasteiger partial charge on any atom is -0.497 e. The van der Waals surface area contributed by atoms with Crippen LogP contribution in [0.3, 0.4) is 0 Å². The lowest BCUT2D eigenvalue weighted by atomic mass is 10.2. The molecule has 0 spiro atoms. The summed E-state index contributed by atoms with van der Waals surface area (Å²) < 4.78 is 10.7. The Kier molecular flexibility index (Phi) is 12.3. The van der Waals surface area contributed by atoms with Crippen LogP contribution in [0.15, 0.2) is 29.3 Å². The van der Waals surface area contributed by atoms with Crippen LogP contribution < -0.4 is 15.4 Å². The zero-order valence-corrected chi connectivity index (χ0v) is 19.2. The summed E-state index contributed by atoms with van der Waals surface area (Å²) in [6, 6.07) is 8.08. The molecule has 0 unspecified atom stereocenters. The number of benzene rings is 1. The molecule has 2 rings (SSSR count). The summed E-state index contributed by atoms with van der Waals surface area (Å²) in [4.78, 5) is 9.77. The van der Waals surface area contributed by atoms with Crippen LogP contribution in [0.25, 0.3) is 0 Å². The molecule has 1 heterocycles. The number of aliphatic imine (C=N–C) groups is 1. The highest BCUT2D eigenvalue weighted by molar-refractivity contribution is 5.79. The summed E-state index contributed by atoms with van der Waals surface area (Å²) in [7, 11) is 3.90. The van der Waals surface area contributed by atoms with E-state index in [0.717, 1.165) is 57.4 Å². The number of methoxy groups -OCH3 is 1. The molecule has 0 amide bonds. The van der Waals surface area contributed by atoms with Gasteiger partial charge in [-0.25, -0.2) is 4.99 Å². The van der Waals surface area contributed by atoms with Crippen molar-refractivity contribution in [2.75, 3.05) is 73.2 Å². The second kappa shape index (κ2) is 15.0. The monoisotopic (exact) mass is 419 g/mol. The molecular formula is C23H41N5O2. The molecule has 0 saturated carbocycles. The summed E-state index contributed by atoms with van der Waals surface area (Å²) in [5.74, 6) is 1.74. The minimum absolute atomic E-state index is 0.642. The van der Waals surface area contributed by atoms with Crippen LogP contribution in [-0.2, 0) is 11.3 Å². The molecule has 2 N–H and O–H groups in total. The Balaban J connectivity index is 1.77. The van der Waals surface area contributed by atoms with Gasteiger partial charge in [-0.15, -0.1) is 0 Å². The highest BCUT2D eigenvalue weighted by atomic mass is 16.5. The summed E-state index contributed by atoms with van der Waals surface area (Å²) in [6.45, 7) is 11.9. The second-order valence-corrected chi connectivity index (χ2v) is 7.77. The highest BCUT2D eigenvalue weighted by Gasteiger charge is 2.11. The van der Waals surface area contributed by atoms with Crippen molar-refractivity contribution < 1.29 is 9.47 Å². The standard InChI is InChI=1S/C23H41N5O2/c1-4-30-19-6-13-25-23(26-20-21-8-10-22(29-3)11-9-21)24-12-5-15-28-16-7-14-27(2)17-18-28/h8-11H,4-7,12-20H2,1-3H3,(H2,24,25,26). The van der Waals surface area contributed by atoms with Crippen LogP contribution in [0, 0.1) is 0 Å². The van der Waals surface area contributed by atoms with Crippen molar-refractivity contribution in [2.24, 2.45) is 4.99 Å². The average Bonchev–Trinajstić information content (AvgIpc) is 2.98. The largest absolute Gasteiger partial charge is 0.497 e. The number of rotatable bonds is 12. The van der Waals surface area contributed by atoms with Crippen molar-refractivity contribution in [3.63, 3.8) is 0 Å². The third-order valence-corrected chi connectivity index (χ3v) is 5.30. The molecule has 30 heavy (non-hydrogen) atoms. The van der Waals surface area contributed by atoms with E-state index in [1.807, 2.05) is 19.1 Å². The summed E-state index contributed by atoms with van der Waals surface area (Å²) in [6.07, 6.45) is 3.35. The maximum Gasteiger partial charge on any atom is 0.191 e. The van der Waals surface area contributed by atoms with E-state index < -0.39 is 0 Å². The van der Waals surface area contributed by atoms with Crippen LogP contribution in [0.4, 0.5) is 0 Å². The number of guanidine groups is 1. The molecule has 170 valence electrons. The van der Waals surface area contributed by atoms with E-state index in [1.165, 1.54) is 38.2 Å². The van der Waals surface area contributed by atoms with E-state index in [0.29, 0.717) is 6.54 Å².